The molecule has 0 nitrogen and oxygen atoms in total. The van der Waals surface area contributed by atoms with E-state index >= 15 is 0 Å². The first-order chi connectivity index (χ1) is 20.7. The van der Waals surface area contributed by atoms with Gasteiger partial charge in [-0.3, -0.25) is 0 Å². The summed E-state index contributed by atoms with van der Waals surface area (Å²) < 4.78 is 15.3. The van der Waals surface area contributed by atoms with E-state index in [1.165, 1.54) is 55.6 Å². The van der Waals surface area contributed by atoms with Crippen molar-refractivity contribution in [2.75, 3.05) is 0 Å². The maximum absolute atomic E-state index is 5.64. The van der Waals surface area contributed by atoms with Crippen molar-refractivity contribution in [2.45, 2.75) is 84.9 Å². The fraction of sp³-hybridized carbons (Fsp3) is 0.341. The van der Waals surface area contributed by atoms with Crippen LogP contribution in [-0.4, -0.2) is 4.26 Å². The summed E-state index contributed by atoms with van der Waals surface area (Å²) in [4.78, 5) is 0. The number of hydrogen-bond acceptors (Lipinski definition) is 0. The molecular formula is C44H54Hf. The Hall–Kier alpha value is -2.90. The normalized spacial score (nSPS) is 20.2. The van der Waals surface area contributed by atoms with E-state index in [0.29, 0.717) is 0 Å². The molecule has 2 atom stereocenters. The van der Waals surface area contributed by atoms with E-state index in [1.54, 1.807) is 0 Å². The third kappa shape index (κ3) is 4.91. The summed E-state index contributed by atoms with van der Waals surface area (Å²) in [5, 5.41) is 0. The molecule has 6 rings (SSSR count). The minimum atomic E-state index is -5.14. The Morgan fingerprint density at radius 1 is 0.578 bits per heavy atom. The zero-order valence-corrected chi connectivity index (χ0v) is 33.1. The van der Waals surface area contributed by atoms with Gasteiger partial charge in [0.2, 0.25) is 0 Å². The molecule has 0 saturated carbocycles. The third-order valence-electron chi connectivity index (χ3n) is 12.8. The first kappa shape index (κ1) is 32.1. The van der Waals surface area contributed by atoms with Crippen molar-refractivity contribution >= 4 is 16.4 Å². The van der Waals surface area contributed by atoms with Gasteiger partial charge < -0.3 is 0 Å². The van der Waals surface area contributed by atoms with Crippen molar-refractivity contribution in [1.82, 2.24) is 0 Å². The zero-order chi connectivity index (χ0) is 32.7. The van der Waals surface area contributed by atoms with Gasteiger partial charge in [-0.25, -0.2) is 0 Å². The number of hydrogen-bond donors (Lipinski definition) is 0. The Morgan fingerprint density at radius 3 is 1.31 bits per heavy atom. The molecule has 0 N–H and O–H groups in total. The summed E-state index contributed by atoms with van der Waals surface area (Å²) in [5.41, 5.74) is 13.9. The number of allylic oxidation sites excluding steroid dienone is 2. The van der Waals surface area contributed by atoms with Crippen LogP contribution < -0.4 is 0 Å². The molecule has 234 valence electrons. The van der Waals surface area contributed by atoms with Crippen LogP contribution >= 0.6 is 0 Å². The van der Waals surface area contributed by atoms with Crippen LogP contribution in [0.4, 0.5) is 0 Å². The van der Waals surface area contributed by atoms with Gasteiger partial charge in [-0.1, -0.05) is 0 Å². The molecule has 2 aliphatic rings. The van der Waals surface area contributed by atoms with Gasteiger partial charge in [0.15, 0.2) is 0 Å². The summed E-state index contributed by atoms with van der Waals surface area (Å²) >= 11 is -5.14. The molecule has 4 aromatic rings. The van der Waals surface area contributed by atoms with E-state index in [-0.39, 0.29) is 18.2 Å². The molecule has 0 saturated heterocycles. The summed E-state index contributed by atoms with van der Waals surface area (Å²) in [5.74, 6) is 0. The second-order valence-corrected chi connectivity index (χ2v) is 74.2. The monoisotopic (exact) mass is 762 g/mol. The molecule has 0 heterocycles. The average Bonchev–Trinajstić information content (AvgIpc) is 3.63. The number of benzene rings is 4. The average molecular weight is 761 g/mol. The fourth-order valence-corrected chi connectivity index (χ4v) is 33.7. The van der Waals surface area contributed by atoms with Crippen LogP contribution in [0, 0.1) is 0 Å². The van der Waals surface area contributed by atoms with Crippen molar-refractivity contribution < 1.29 is 15.1 Å². The van der Waals surface area contributed by atoms with E-state index < -0.39 is 15.1 Å². The van der Waals surface area contributed by atoms with E-state index in [4.69, 9.17) is 4.26 Å². The molecule has 4 aromatic carbocycles. The molecule has 0 fully saturated rings. The molecule has 0 amide bonds. The molecule has 0 aliphatic heterocycles. The Kier molecular flexibility index (Phi) is 6.50. The number of rotatable bonds is 5. The van der Waals surface area contributed by atoms with Gasteiger partial charge in [-0.2, -0.15) is 0 Å². The Bertz CT molecular complexity index is 1910. The molecule has 1 heteroatoms. The minimum absolute atomic E-state index is 0.108. The first-order valence-electron chi connectivity index (χ1n) is 17.1. The van der Waals surface area contributed by atoms with Crippen LogP contribution in [0.3, 0.4) is 0 Å². The number of fused-ring (bicyclic) bond motifs is 2. The van der Waals surface area contributed by atoms with Crippen LogP contribution in [0.1, 0.15) is 89.2 Å². The van der Waals surface area contributed by atoms with Crippen molar-refractivity contribution in [3.63, 3.8) is 0 Å². The summed E-state index contributed by atoms with van der Waals surface area (Å²) in [6.45, 7) is 16.2. The summed E-state index contributed by atoms with van der Waals surface area (Å²) in [7, 11) is 0. The van der Waals surface area contributed by atoms with Gasteiger partial charge in [-0.05, 0) is 0 Å². The molecule has 0 bridgehead atoms. The molecular weight excluding hydrogens is 707 g/mol. The van der Waals surface area contributed by atoms with Crippen LogP contribution in [0.15, 0.2) is 97.1 Å². The molecule has 45 heavy (non-hydrogen) atoms. The quantitative estimate of drug-likeness (QED) is 0.178. The topological polar surface area (TPSA) is 0 Å². The Balaban J connectivity index is 1.51. The summed E-state index contributed by atoms with van der Waals surface area (Å²) in [6, 6.07) is 32.3. The van der Waals surface area contributed by atoms with E-state index in [2.05, 4.69) is 172 Å². The van der Waals surface area contributed by atoms with E-state index in [1.807, 2.05) is 0 Å². The zero-order valence-electron chi connectivity index (χ0n) is 29.5. The van der Waals surface area contributed by atoms with Gasteiger partial charge in [-0.15, -0.1) is 0 Å². The van der Waals surface area contributed by atoms with Crippen LogP contribution in [0.25, 0.3) is 34.4 Å². The molecule has 2 aliphatic carbocycles. The summed E-state index contributed by atoms with van der Waals surface area (Å²) in [6.07, 6.45) is 9.95. The van der Waals surface area contributed by atoms with Crippen molar-refractivity contribution in [1.29, 1.82) is 0 Å². The van der Waals surface area contributed by atoms with Crippen molar-refractivity contribution in [3.05, 3.63) is 130 Å². The van der Waals surface area contributed by atoms with Crippen LogP contribution in [-0.2, 0) is 25.9 Å². The van der Waals surface area contributed by atoms with E-state index in [0.717, 1.165) is 4.18 Å². The van der Waals surface area contributed by atoms with Gasteiger partial charge >= 0.3 is 269 Å². The predicted octanol–water partition coefficient (Wildman–Crippen LogP) is 13.2. The maximum atomic E-state index is 5.64. The van der Waals surface area contributed by atoms with Gasteiger partial charge in [0.25, 0.3) is 0 Å². The first-order valence-corrected chi connectivity index (χ1v) is 37.1. The molecule has 0 spiro atoms. The van der Waals surface area contributed by atoms with Crippen molar-refractivity contribution in [2.24, 2.45) is 0 Å². The second kappa shape index (κ2) is 9.13. The fourth-order valence-electron chi connectivity index (χ4n) is 8.63. The third-order valence-corrected chi connectivity index (χ3v) is 51.0. The second-order valence-electron chi connectivity index (χ2n) is 19.9. The van der Waals surface area contributed by atoms with Crippen LogP contribution in [0.5, 0.6) is 0 Å². The van der Waals surface area contributed by atoms with E-state index in [9.17, 15) is 0 Å². The molecule has 0 aromatic heterocycles. The Labute approximate surface area is 267 Å². The van der Waals surface area contributed by atoms with Gasteiger partial charge in [0, 0.05) is 0 Å². The Morgan fingerprint density at radius 2 is 0.956 bits per heavy atom. The molecule has 0 radical (unpaired) electrons. The van der Waals surface area contributed by atoms with Crippen LogP contribution in [0.2, 0.25) is 18.2 Å². The predicted molar refractivity (Wildman–Crippen MR) is 200 cm³/mol. The SMILES string of the molecule is [CH2]=[Hf]([CH3])([CH3])([CH3])([CH2]C)([CH]1C=Cc2c(-c3cccc(C(C)(C)C)c3)cccc21)[CH]1C=Cc2c(-c3cccc(C(C)(C)C)c3)cccc21. The van der Waals surface area contributed by atoms with Crippen molar-refractivity contribution in [3.8, 4) is 22.3 Å². The molecule has 2 unspecified atom stereocenters. The standard InChI is InChI=1S/2C19H19.C2H5.3CH3.CH2.Hf/c2*1-19(2,3)16-10-4-9-15(13-16)18-12-6-8-14-7-5-11-17(14)18;1-2;;;;;/h2*4-13H,1-3H3;1H2,2H3;3*1H3;1H2;. The van der Waals surface area contributed by atoms with Gasteiger partial charge in [0.05, 0.1) is 0 Å². The van der Waals surface area contributed by atoms with Gasteiger partial charge in [0.1, 0.15) is 0 Å².